The lowest BCUT2D eigenvalue weighted by Gasteiger charge is -2.35. The molecule has 0 bridgehead atoms. The van der Waals surface area contributed by atoms with Gasteiger partial charge in [-0.25, -0.2) is 0 Å². The molecule has 0 saturated heterocycles. The second kappa shape index (κ2) is 8.04. The molecule has 1 heterocycles. The lowest BCUT2D eigenvalue weighted by molar-refractivity contribution is 0.255. The van der Waals surface area contributed by atoms with Crippen LogP contribution in [-0.2, 0) is 12.8 Å². The minimum absolute atomic E-state index is 0.739. The van der Waals surface area contributed by atoms with Gasteiger partial charge in [0.25, 0.3) is 0 Å². The summed E-state index contributed by atoms with van der Waals surface area (Å²) in [6, 6.07) is 4.63. The van der Waals surface area contributed by atoms with Gasteiger partial charge in [-0.1, -0.05) is 64.2 Å². The van der Waals surface area contributed by atoms with E-state index in [1.807, 2.05) is 0 Å². The molecule has 0 saturated carbocycles. The van der Waals surface area contributed by atoms with E-state index in [0.29, 0.717) is 0 Å². The van der Waals surface area contributed by atoms with Gasteiger partial charge in [-0.15, -0.1) is 0 Å². The Morgan fingerprint density at radius 3 is 2.57 bits per heavy atom. The first kappa shape index (κ1) is 16.6. The van der Waals surface area contributed by atoms with Gasteiger partial charge in [0.1, 0.15) is 12.4 Å². The van der Waals surface area contributed by atoms with E-state index in [1.54, 1.807) is 5.56 Å². The quantitative estimate of drug-likeness (QED) is 0.545. The van der Waals surface area contributed by atoms with Crippen molar-refractivity contribution in [2.24, 2.45) is 11.8 Å². The predicted octanol–water partition coefficient (Wildman–Crippen LogP) is 6.19. The predicted molar refractivity (Wildman–Crippen MR) is 99.0 cm³/mol. The largest absolute Gasteiger partial charge is 0.489 e. The molecule has 0 radical (unpaired) electrons. The summed E-state index contributed by atoms with van der Waals surface area (Å²) < 4.78 is 6.02. The molecule has 0 N–H and O–H groups in total. The Bertz CT molecular complexity index is 543. The zero-order chi connectivity index (χ0) is 16.1. The molecule has 1 aromatic rings. The third-order valence-electron chi connectivity index (χ3n) is 5.73. The summed E-state index contributed by atoms with van der Waals surface area (Å²) in [7, 11) is 0. The fraction of sp³-hybridized carbons (Fsp3) is 0.636. The van der Waals surface area contributed by atoms with Crippen LogP contribution in [0.5, 0.6) is 5.75 Å². The smallest absolute Gasteiger partial charge is 0.130 e. The highest BCUT2D eigenvalue weighted by molar-refractivity contribution is 5.64. The van der Waals surface area contributed by atoms with Crippen molar-refractivity contribution in [3.05, 3.63) is 34.9 Å². The average molecular weight is 312 g/mol. The molecule has 1 aromatic carbocycles. The molecular formula is C22H32O. The summed E-state index contributed by atoms with van der Waals surface area (Å²) in [5.41, 5.74) is 4.38. The van der Waals surface area contributed by atoms with E-state index in [-0.39, 0.29) is 0 Å². The Hall–Kier alpha value is -1.24. The Labute approximate surface area is 142 Å². The third kappa shape index (κ3) is 3.82. The van der Waals surface area contributed by atoms with Gasteiger partial charge >= 0.3 is 0 Å². The lowest BCUT2D eigenvalue weighted by atomic mass is 9.71. The van der Waals surface area contributed by atoms with Crippen LogP contribution in [0.2, 0.25) is 0 Å². The highest BCUT2D eigenvalue weighted by Gasteiger charge is 2.30. The van der Waals surface area contributed by atoms with Crippen LogP contribution in [-0.4, -0.2) is 6.61 Å². The number of hydrogen-bond acceptors (Lipinski definition) is 1. The average Bonchev–Trinajstić information content (AvgIpc) is 2.60. The summed E-state index contributed by atoms with van der Waals surface area (Å²) in [5.74, 6) is 2.94. The summed E-state index contributed by atoms with van der Waals surface area (Å²) in [4.78, 5) is 0. The molecular weight excluding hydrogens is 280 g/mol. The van der Waals surface area contributed by atoms with Crippen molar-refractivity contribution >= 4 is 6.08 Å². The maximum absolute atomic E-state index is 6.02. The Balaban J connectivity index is 1.81. The first-order chi connectivity index (χ1) is 11.3. The Morgan fingerprint density at radius 2 is 1.74 bits per heavy atom. The minimum Gasteiger partial charge on any atom is -0.489 e. The van der Waals surface area contributed by atoms with Gasteiger partial charge in [0.2, 0.25) is 0 Å². The van der Waals surface area contributed by atoms with Crippen LogP contribution in [0.25, 0.3) is 6.08 Å². The van der Waals surface area contributed by atoms with E-state index < -0.39 is 0 Å². The first-order valence-corrected chi connectivity index (χ1v) is 9.77. The lowest BCUT2D eigenvalue weighted by Crippen LogP contribution is -2.26. The van der Waals surface area contributed by atoms with Crippen molar-refractivity contribution in [2.75, 3.05) is 6.61 Å². The van der Waals surface area contributed by atoms with E-state index in [4.69, 9.17) is 4.74 Å². The van der Waals surface area contributed by atoms with Gasteiger partial charge in [-0.3, -0.25) is 0 Å². The normalized spacial score (nSPS) is 22.3. The summed E-state index contributed by atoms with van der Waals surface area (Å²) in [6.07, 6.45) is 16.5. The monoisotopic (exact) mass is 312 g/mol. The highest BCUT2D eigenvalue weighted by atomic mass is 16.5. The molecule has 2 atom stereocenters. The van der Waals surface area contributed by atoms with Gasteiger partial charge in [0.05, 0.1) is 0 Å². The van der Waals surface area contributed by atoms with Crippen molar-refractivity contribution in [2.45, 2.75) is 71.6 Å². The van der Waals surface area contributed by atoms with E-state index in [0.717, 1.165) is 18.4 Å². The molecule has 3 rings (SSSR count). The molecule has 1 nitrogen and oxygen atoms in total. The van der Waals surface area contributed by atoms with Crippen molar-refractivity contribution in [3.8, 4) is 5.75 Å². The van der Waals surface area contributed by atoms with E-state index in [2.05, 4.69) is 38.1 Å². The molecule has 1 aliphatic carbocycles. The maximum Gasteiger partial charge on any atom is 0.130 e. The maximum atomic E-state index is 6.02. The van der Waals surface area contributed by atoms with Crippen LogP contribution in [0.1, 0.15) is 75.5 Å². The van der Waals surface area contributed by atoms with Crippen molar-refractivity contribution in [1.29, 1.82) is 0 Å². The molecule has 2 aliphatic rings. The first-order valence-electron chi connectivity index (χ1n) is 9.77. The molecule has 0 amide bonds. The van der Waals surface area contributed by atoms with Crippen LogP contribution in [0.4, 0.5) is 0 Å². The second-order valence-corrected chi connectivity index (χ2v) is 7.40. The van der Waals surface area contributed by atoms with Gasteiger partial charge in [0, 0.05) is 5.56 Å². The summed E-state index contributed by atoms with van der Waals surface area (Å²) >= 11 is 0. The van der Waals surface area contributed by atoms with Crippen molar-refractivity contribution in [1.82, 2.24) is 0 Å². The Kier molecular flexibility index (Phi) is 5.80. The van der Waals surface area contributed by atoms with Gasteiger partial charge in [-0.05, 0) is 54.7 Å². The zero-order valence-corrected chi connectivity index (χ0v) is 14.9. The standard InChI is InChI=1S/C22H32O/c1-3-5-7-10-18-15-20-13-12-17-11-8-14-23-22(17)21(20)16-19(18)9-6-4-2/h8,11-13,18-19H,3-7,9-10,14-16H2,1-2H3/t18-,19-/m1/s1. The number of benzene rings is 1. The van der Waals surface area contributed by atoms with E-state index in [9.17, 15) is 0 Å². The van der Waals surface area contributed by atoms with E-state index in [1.165, 1.54) is 74.7 Å². The number of rotatable bonds is 7. The second-order valence-electron chi connectivity index (χ2n) is 7.40. The van der Waals surface area contributed by atoms with Crippen LogP contribution >= 0.6 is 0 Å². The molecule has 0 spiro atoms. The summed E-state index contributed by atoms with van der Waals surface area (Å²) in [6.45, 7) is 5.36. The Morgan fingerprint density at radius 1 is 0.957 bits per heavy atom. The number of hydrogen-bond donors (Lipinski definition) is 0. The topological polar surface area (TPSA) is 9.23 Å². The number of fused-ring (bicyclic) bond motifs is 3. The van der Waals surface area contributed by atoms with Gasteiger partial charge in [-0.2, -0.15) is 0 Å². The molecule has 126 valence electrons. The van der Waals surface area contributed by atoms with Crippen LogP contribution in [0.3, 0.4) is 0 Å². The fourth-order valence-electron chi connectivity index (χ4n) is 4.39. The zero-order valence-electron chi connectivity index (χ0n) is 14.9. The highest BCUT2D eigenvalue weighted by Crippen LogP contribution is 2.42. The molecule has 23 heavy (non-hydrogen) atoms. The summed E-state index contributed by atoms with van der Waals surface area (Å²) in [5, 5.41) is 0. The minimum atomic E-state index is 0.739. The molecule has 0 fully saturated rings. The third-order valence-corrected chi connectivity index (χ3v) is 5.73. The van der Waals surface area contributed by atoms with Crippen LogP contribution in [0, 0.1) is 11.8 Å². The molecule has 1 aliphatic heterocycles. The molecule has 1 heteroatoms. The van der Waals surface area contributed by atoms with Crippen LogP contribution < -0.4 is 4.74 Å². The van der Waals surface area contributed by atoms with Crippen LogP contribution in [0.15, 0.2) is 18.2 Å². The molecule has 0 aromatic heterocycles. The van der Waals surface area contributed by atoms with Crippen molar-refractivity contribution in [3.63, 3.8) is 0 Å². The molecule has 0 unspecified atom stereocenters. The number of ether oxygens (including phenoxy) is 1. The van der Waals surface area contributed by atoms with Crippen molar-refractivity contribution < 1.29 is 4.74 Å². The van der Waals surface area contributed by atoms with Gasteiger partial charge in [0.15, 0.2) is 0 Å². The SMILES string of the molecule is CCCCC[C@@H]1Cc2ccc3c(c2C[C@H]1CCCC)OCC=C3. The van der Waals surface area contributed by atoms with E-state index >= 15 is 0 Å². The fourth-order valence-corrected chi connectivity index (χ4v) is 4.39. The van der Waals surface area contributed by atoms with Gasteiger partial charge < -0.3 is 4.74 Å². The number of unbranched alkanes of at least 4 members (excludes halogenated alkanes) is 3.